The number of imidazole rings is 1. The molecule has 148 valence electrons. The summed E-state index contributed by atoms with van der Waals surface area (Å²) >= 11 is 0. The Balaban J connectivity index is 1.57. The van der Waals surface area contributed by atoms with Gasteiger partial charge in [0.1, 0.15) is 24.6 Å². The van der Waals surface area contributed by atoms with Crippen molar-refractivity contribution in [3.05, 3.63) is 48.5 Å². The Morgan fingerprint density at radius 1 is 1.21 bits per heavy atom. The van der Waals surface area contributed by atoms with Crippen LogP contribution in [0.25, 0.3) is 11.2 Å². The fraction of sp³-hybridized carbons (Fsp3) is 0.389. The number of nitrogens with one attached hydrogen (secondary N) is 1. The Labute approximate surface area is 163 Å². The van der Waals surface area contributed by atoms with E-state index in [0.717, 1.165) is 5.56 Å². The molecule has 28 heavy (non-hydrogen) atoms. The van der Waals surface area contributed by atoms with Crippen LogP contribution in [0.3, 0.4) is 0 Å². The molecule has 0 aliphatic heterocycles. The third-order valence-corrected chi connectivity index (χ3v) is 4.80. The molecule has 0 saturated carbocycles. The topological polar surface area (TPSA) is 100 Å². The Morgan fingerprint density at radius 2 is 2.04 bits per heavy atom. The second kappa shape index (κ2) is 10.2. The number of fused-ring (bicyclic) bond motifs is 1. The Kier molecular flexibility index (Phi) is 7.39. The maximum absolute atomic E-state index is 12.1. The van der Waals surface area contributed by atoms with E-state index in [4.69, 9.17) is 14.0 Å². The second-order valence-corrected chi connectivity index (χ2v) is 7.19. The average Bonchev–Trinajstić information content (AvgIpc) is 3.14. The lowest BCUT2D eigenvalue weighted by Crippen LogP contribution is -2.25. The molecule has 2 aromatic heterocycles. The van der Waals surface area contributed by atoms with Gasteiger partial charge in [-0.15, -0.1) is 4.52 Å². The first kappa shape index (κ1) is 20.3. The van der Waals surface area contributed by atoms with Gasteiger partial charge in [-0.2, -0.15) is 0 Å². The molecule has 1 unspecified atom stereocenters. The molecule has 2 atom stereocenters. The molecule has 0 aliphatic rings. The number of hydrogen-bond acceptors (Lipinski definition) is 8. The summed E-state index contributed by atoms with van der Waals surface area (Å²) in [5.74, 6) is 0.658. The van der Waals surface area contributed by atoms with Crippen LogP contribution in [0.5, 0.6) is 0 Å². The number of rotatable bonds is 11. The van der Waals surface area contributed by atoms with Crippen LogP contribution in [0.1, 0.15) is 5.56 Å². The van der Waals surface area contributed by atoms with Crippen molar-refractivity contribution in [3.63, 3.8) is 0 Å². The quantitative estimate of drug-likeness (QED) is 0.487. The predicted molar refractivity (Wildman–Crippen MR) is 105 cm³/mol. The Hall–Kier alpha value is -2.45. The summed E-state index contributed by atoms with van der Waals surface area (Å²) in [5, 5.41) is 2.99. The van der Waals surface area contributed by atoms with Crippen LogP contribution < -0.4 is 5.32 Å². The summed E-state index contributed by atoms with van der Waals surface area (Å²) in [4.78, 5) is 12.8. The fourth-order valence-electron chi connectivity index (χ4n) is 2.68. The third-order valence-electron chi connectivity index (χ3n) is 4.02. The third kappa shape index (κ3) is 5.30. The number of anilines is 1. The van der Waals surface area contributed by atoms with Crippen LogP contribution in [0.15, 0.2) is 43.0 Å². The zero-order valence-corrected chi connectivity index (χ0v) is 16.7. The lowest BCUT2D eigenvalue weighted by molar-refractivity contribution is 0.00705. The van der Waals surface area contributed by atoms with Crippen molar-refractivity contribution in [2.24, 2.45) is 0 Å². The monoisotopic (exact) mass is 404 g/mol. The second-order valence-electron chi connectivity index (χ2n) is 6.01. The molecule has 0 amide bonds. The van der Waals surface area contributed by atoms with E-state index < -0.39 is 8.03 Å². The minimum Gasteiger partial charge on any atom is -0.382 e. The van der Waals surface area contributed by atoms with Crippen LogP contribution in [0.2, 0.25) is 0 Å². The van der Waals surface area contributed by atoms with Crippen molar-refractivity contribution in [3.8, 4) is 0 Å². The number of aromatic nitrogens is 4. The lowest BCUT2D eigenvalue weighted by Gasteiger charge is -2.15. The van der Waals surface area contributed by atoms with E-state index >= 15 is 0 Å². The van der Waals surface area contributed by atoms with Gasteiger partial charge in [-0.1, -0.05) is 30.3 Å². The molecule has 3 rings (SSSR count). The van der Waals surface area contributed by atoms with Crippen molar-refractivity contribution in [2.45, 2.75) is 19.3 Å². The van der Waals surface area contributed by atoms with Crippen molar-refractivity contribution in [2.75, 3.05) is 32.4 Å². The molecule has 0 spiro atoms. The van der Waals surface area contributed by atoms with Gasteiger partial charge in [0.2, 0.25) is 0 Å². The van der Waals surface area contributed by atoms with Crippen molar-refractivity contribution >= 4 is 25.0 Å². The molecule has 9 nitrogen and oxygen atoms in total. The van der Waals surface area contributed by atoms with Crippen molar-refractivity contribution < 1.29 is 18.6 Å². The van der Waals surface area contributed by atoms with Gasteiger partial charge in [-0.3, -0.25) is 0 Å². The minimum atomic E-state index is -1.94. The largest absolute Gasteiger partial charge is 0.537 e. The molecule has 2 heterocycles. The van der Waals surface area contributed by atoms with E-state index in [1.54, 1.807) is 20.5 Å². The van der Waals surface area contributed by atoms with Gasteiger partial charge in [0.15, 0.2) is 11.5 Å². The molecule has 10 heteroatoms. The maximum atomic E-state index is 12.1. The van der Waals surface area contributed by atoms with Crippen LogP contribution >= 0.6 is 8.03 Å². The highest BCUT2D eigenvalue weighted by Gasteiger charge is 2.23. The highest BCUT2D eigenvalue weighted by Crippen LogP contribution is 2.25. The van der Waals surface area contributed by atoms with Gasteiger partial charge in [-0.25, -0.2) is 15.0 Å². The molecular weight excluding hydrogens is 381 g/mol. The fourth-order valence-corrected chi connectivity index (χ4v) is 3.38. The van der Waals surface area contributed by atoms with Crippen LogP contribution in [0.4, 0.5) is 5.82 Å². The molecule has 1 aromatic carbocycles. The molecule has 0 aliphatic carbocycles. The Morgan fingerprint density at radius 3 is 2.79 bits per heavy atom. The first-order valence-electron chi connectivity index (χ1n) is 8.77. The Bertz CT molecular complexity index is 905. The number of nitrogens with zero attached hydrogens (tertiary/aromatic N) is 4. The summed E-state index contributed by atoms with van der Waals surface area (Å²) in [5.41, 5.74) is 2.33. The number of methoxy groups -OCH3 is 1. The number of benzene rings is 1. The molecular formula is C18H23N5O4P+. The van der Waals surface area contributed by atoms with Gasteiger partial charge in [-0.05, 0) is 10.1 Å². The number of ether oxygens (including phenoxy) is 2. The molecule has 0 fully saturated rings. The summed E-state index contributed by atoms with van der Waals surface area (Å²) in [7, 11) is 1.43. The molecule has 1 N–H and O–H groups in total. The minimum absolute atomic E-state index is 0.0143. The highest BCUT2D eigenvalue weighted by molar-refractivity contribution is 7.38. The first-order valence-corrected chi connectivity index (χ1v) is 10.1. The van der Waals surface area contributed by atoms with Gasteiger partial charge in [0.05, 0.1) is 19.5 Å². The normalized spacial score (nSPS) is 12.9. The van der Waals surface area contributed by atoms with Crippen molar-refractivity contribution in [1.82, 2.24) is 19.5 Å². The standard InChI is InChI=1S/C18H23N5O4P/c1-19-17-16-18(21-11-20-17)23(12-22-16)8-15(10-25-2)26-13-28(24)27-9-14-6-4-3-5-7-14/h3-7,11-12,15H,8-10,13H2,1-2H3,(H,19,20,21)/q+1/t15-/m0/s1. The molecule has 0 saturated heterocycles. The van der Waals surface area contributed by atoms with Crippen LogP contribution in [-0.4, -0.2) is 52.7 Å². The van der Waals surface area contributed by atoms with E-state index in [9.17, 15) is 4.57 Å². The van der Waals surface area contributed by atoms with Gasteiger partial charge in [0.25, 0.3) is 6.35 Å². The maximum Gasteiger partial charge on any atom is 0.537 e. The molecule has 0 radical (unpaired) electrons. The van der Waals surface area contributed by atoms with Crippen LogP contribution in [0, 0.1) is 0 Å². The zero-order valence-electron chi connectivity index (χ0n) is 15.8. The van der Waals surface area contributed by atoms with E-state index in [0.29, 0.717) is 30.1 Å². The lowest BCUT2D eigenvalue weighted by atomic mass is 10.2. The first-order chi connectivity index (χ1) is 13.7. The molecule has 0 bridgehead atoms. The smallest absolute Gasteiger partial charge is 0.382 e. The average molecular weight is 404 g/mol. The SMILES string of the molecule is CNc1ncnc2c1ncn2C[C@@H](COC)OC[P+](=O)OCc1ccccc1. The van der Waals surface area contributed by atoms with Gasteiger partial charge in [0, 0.05) is 14.2 Å². The van der Waals surface area contributed by atoms with E-state index in [2.05, 4.69) is 20.3 Å². The summed E-state index contributed by atoms with van der Waals surface area (Å²) in [6.07, 6.45) is 2.82. The van der Waals surface area contributed by atoms with E-state index in [1.807, 2.05) is 34.9 Å². The number of hydrogen-bond donors (Lipinski definition) is 1. The van der Waals surface area contributed by atoms with Gasteiger partial charge >= 0.3 is 8.03 Å². The van der Waals surface area contributed by atoms with Crippen LogP contribution in [-0.2, 0) is 31.7 Å². The van der Waals surface area contributed by atoms with Gasteiger partial charge < -0.3 is 19.4 Å². The van der Waals surface area contributed by atoms with E-state index in [1.165, 1.54) is 6.33 Å². The van der Waals surface area contributed by atoms with E-state index in [-0.39, 0.29) is 19.1 Å². The predicted octanol–water partition coefficient (Wildman–Crippen LogP) is 2.82. The molecule has 3 aromatic rings. The summed E-state index contributed by atoms with van der Waals surface area (Å²) < 4.78 is 30.4. The van der Waals surface area contributed by atoms with Crippen molar-refractivity contribution in [1.29, 1.82) is 0 Å². The summed E-state index contributed by atoms with van der Waals surface area (Å²) in [6, 6.07) is 9.59. The summed E-state index contributed by atoms with van der Waals surface area (Å²) in [6.45, 7) is 1.07. The highest BCUT2D eigenvalue weighted by atomic mass is 31.1. The zero-order chi connectivity index (χ0) is 19.8.